The molecule has 0 amide bonds. The van der Waals surface area contributed by atoms with E-state index < -0.39 is 0 Å². The van der Waals surface area contributed by atoms with Gasteiger partial charge in [0.1, 0.15) is 11.5 Å². The van der Waals surface area contributed by atoms with E-state index in [1.165, 1.54) is 5.56 Å². The lowest BCUT2D eigenvalue weighted by molar-refractivity contribution is 0.248. The number of para-hydroxylation sites is 1. The highest BCUT2D eigenvalue weighted by Crippen LogP contribution is 2.35. The van der Waals surface area contributed by atoms with Gasteiger partial charge in [-0.1, -0.05) is 35.9 Å². The fraction of sp³-hybridized carbons (Fsp3) is 0.294. The maximum absolute atomic E-state index is 6.25. The maximum atomic E-state index is 6.25. The molecule has 1 aliphatic rings. The molecule has 3 rings (SSSR count). The molecule has 0 saturated carbocycles. The largest absolute Gasteiger partial charge is 0.493 e. The first-order valence-electron chi connectivity index (χ1n) is 7.04. The molecule has 2 aromatic rings. The van der Waals surface area contributed by atoms with Gasteiger partial charge in [0.05, 0.1) is 24.2 Å². The molecule has 0 aromatic heterocycles. The highest BCUT2D eigenvalue weighted by atomic mass is 35.5. The maximum Gasteiger partial charge on any atom is 0.137 e. The van der Waals surface area contributed by atoms with E-state index in [0.29, 0.717) is 24.0 Å². The summed E-state index contributed by atoms with van der Waals surface area (Å²) in [5, 5.41) is 0.594. The van der Waals surface area contributed by atoms with Crippen LogP contribution in [0.2, 0.25) is 5.02 Å². The van der Waals surface area contributed by atoms with Gasteiger partial charge in [-0.3, -0.25) is 0 Å². The summed E-state index contributed by atoms with van der Waals surface area (Å²) >= 11 is 6.25. The predicted molar refractivity (Wildman–Crippen MR) is 84.2 cm³/mol. The normalized spacial score (nSPS) is 18.0. The lowest BCUT2D eigenvalue weighted by Gasteiger charge is -2.14. The van der Waals surface area contributed by atoms with Gasteiger partial charge in [0.2, 0.25) is 0 Å². The van der Waals surface area contributed by atoms with Crippen LogP contribution < -0.4 is 15.2 Å². The number of halogens is 1. The van der Waals surface area contributed by atoms with Crippen LogP contribution in [-0.4, -0.2) is 13.2 Å². The van der Waals surface area contributed by atoms with Crippen molar-refractivity contribution in [3.05, 3.63) is 58.6 Å². The standard InChI is InChI=1S/C17H18ClNO2/c1-11(19)12-6-7-17(15(18)8-12)21-10-13-9-20-16-5-3-2-4-14(13)16/h2-8,11,13H,9-10,19H2,1H3/t11-,13?/m0/s1. The summed E-state index contributed by atoms with van der Waals surface area (Å²) in [5.41, 5.74) is 8.04. The van der Waals surface area contributed by atoms with Crippen LogP contribution in [0, 0.1) is 0 Å². The van der Waals surface area contributed by atoms with Gasteiger partial charge < -0.3 is 15.2 Å². The van der Waals surface area contributed by atoms with Crippen molar-refractivity contribution in [3.63, 3.8) is 0 Å². The van der Waals surface area contributed by atoms with E-state index in [4.69, 9.17) is 26.8 Å². The van der Waals surface area contributed by atoms with E-state index in [9.17, 15) is 0 Å². The zero-order chi connectivity index (χ0) is 14.8. The Morgan fingerprint density at radius 2 is 2.14 bits per heavy atom. The Morgan fingerprint density at radius 1 is 1.33 bits per heavy atom. The Bertz CT molecular complexity index is 642. The minimum Gasteiger partial charge on any atom is -0.493 e. The van der Waals surface area contributed by atoms with E-state index in [-0.39, 0.29) is 12.0 Å². The SMILES string of the molecule is C[C@H](N)c1ccc(OCC2COc3ccccc32)c(Cl)c1. The van der Waals surface area contributed by atoms with E-state index in [2.05, 4.69) is 6.07 Å². The van der Waals surface area contributed by atoms with Crippen LogP contribution in [0.1, 0.15) is 30.0 Å². The average Bonchev–Trinajstić information content (AvgIpc) is 2.89. The molecule has 0 fully saturated rings. The fourth-order valence-electron chi connectivity index (χ4n) is 2.48. The van der Waals surface area contributed by atoms with Crippen LogP contribution >= 0.6 is 11.6 Å². The van der Waals surface area contributed by atoms with Crippen LogP contribution in [0.15, 0.2) is 42.5 Å². The molecule has 1 aliphatic heterocycles. The molecule has 0 spiro atoms. The van der Waals surface area contributed by atoms with Crippen molar-refractivity contribution in [1.82, 2.24) is 0 Å². The second-order valence-corrected chi connectivity index (χ2v) is 5.74. The molecule has 0 radical (unpaired) electrons. The Morgan fingerprint density at radius 3 is 2.90 bits per heavy atom. The summed E-state index contributed by atoms with van der Waals surface area (Å²) in [6, 6.07) is 13.7. The quantitative estimate of drug-likeness (QED) is 0.931. The fourth-order valence-corrected chi connectivity index (χ4v) is 2.72. The molecule has 1 unspecified atom stereocenters. The molecular formula is C17H18ClNO2. The predicted octanol–water partition coefficient (Wildman–Crippen LogP) is 3.91. The molecule has 0 saturated heterocycles. The number of nitrogens with two attached hydrogens (primary N) is 1. The van der Waals surface area contributed by atoms with Crippen molar-refractivity contribution in [2.45, 2.75) is 18.9 Å². The van der Waals surface area contributed by atoms with Gasteiger partial charge in [0.15, 0.2) is 0 Å². The summed E-state index contributed by atoms with van der Waals surface area (Å²) in [4.78, 5) is 0. The summed E-state index contributed by atoms with van der Waals surface area (Å²) < 4.78 is 11.5. The molecular weight excluding hydrogens is 286 g/mol. The molecule has 0 aliphatic carbocycles. The molecule has 2 aromatic carbocycles. The van der Waals surface area contributed by atoms with Crippen molar-refractivity contribution in [2.24, 2.45) is 5.73 Å². The van der Waals surface area contributed by atoms with Crippen LogP contribution in [0.25, 0.3) is 0 Å². The van der Waals surface area contributed by atoms with Gasteiger partial charge >= 0.3 is 0 Å². The Kier molecular flexibility index (Phi) is 4.04. The molecule has 3 nitrogen and oxygen atoms in total. The number of hydrogen-bond donors (Lipinski definition) is 1. The van der Waals surface area contributed by atoms with Crippen LogP contribution in [0.3, 0.4) is 0 Å². The third-order valence-electron chi connectivity index (χ3n) is 3.72. The highest BCUT2D eigenvalue weighted by molar-refractivity contribution is 6.32. The van der Waals surface area contributed by atoms with Crippen LogP contribution in [-0.2, 0) is 0 Å². The zero-order valence-electron chi connectivity index (χ0n) is 11.9. The van der Waals surface area contributed by atoms with Crippen molar-refractivity contribution < 1.29 is 9.47 Å². The summed E-state index contributed by atoms with van der Waals surface area (Å²) in [5.74, 6) is 1.88. The minimum absolute atomic E-state index is 0.0355. The smallest absolute Gasteiger partial charge is 0.137 e. The number of rotatable bonds is 4. The van der Waals surface area contributed by atoms with E-state index in [0.717, 1.165) is 11.3 Å². The van der Waals surface area contributed by atoms with Gasteiger partial charge in [0, 0.05) is 11.6 Å². The number of ether oxygens (including phenoxy) is 2. The number of benzene rings is 2. The van der Waals surface area contributed by atoms with Gasteiger partial charge in [-0.15, -0.1) is 0 Å². The van der Waals surface area contributed by atoms with Gasteiger partial charge in [-0.2, -0.15) is 0 Å². The first-order valence-corrected chi connectivity index (χ1v) is 7.42. The van der Waals surface area contributed by atoms with E-state index >= 15 is 0 Å². The second kappa shape index (κ2) is 5.96. The van der Waals surface area contributed by atoms with Gasteiger partial charge in [0.25, 0.3) is 0 Å². The number of hydrogen-bond acceptors (Lipinski definition) is 3. The molecule has 21 heavy (non-hydrogen) atoms. The molecule has 4 heteroatoms. The summed E-state index contributed by atoms with van der Waals surface area (Å²) in [7, 11) is 0. The first kappa shape index (κ1) is 14.2. The molecule has 1 heterocycles. The Labute approximate surface area is 129 Å². The van der Waals surface area contributed by atoms with Gasteiger partial charge in [-0.25, -0.2) is 0 Å². The van der Waals surface area contributed by atoms with Crippen LogP contribution in [0.5, 0.6) is 11.5 Å². The first-order chi connectivity index (χ1) is 10.1. The van der Waals surface area contributed by atoms with Crippen LogP contribution in [0.4, 0.5) is 0 Å². The van der Waals surface area contributed by atoms with E-state index in [1.54, 1.807) is 0 Å². The van der Waals surface area contributed by atoms with E-state index in [1.807, 2.05) is 43.3 Å². The third-order valence-corrected chi connectivity index (χ3v) is 4.02. The Balaban J connectivity index is 1.69. The minimum atomic E-state index is -0.0355. The summed E-state index contributed by atoms with van der Waals surface area (Å²) in [6.45, 7) is 3.13. The Hall–Kier alpha value is -1.71. The third kappa shape index (κ3) is 2.99. The lowest BCUT2D eigenvalue weighted by Crippen LogP contribution is -2.12. The molecule has 2 N–H and O–H groups in total. The average molecular weight is 304 g/mol. The van der Waals surface area contributed by atoms with Crippen molar-refractivity contribution in [2.75, 3.05) is 13.2 Å². The number of fused-ring (bicyclic) bond motifs is 1. The molecule has 2 atom stereocenters. The molecule has 110 valence electrons. The lowest BCUT2D eigenvalue weighted by atomic mass is 10.0. The van der Waals surface area contributed by atoms with Gasteiger partial charge in [-0.05, 0) is 30.7 Å². The van der Waals surface area contributed by atoms with Crippen molar-refractivity contribution in [3.8, 4) is 11.5 Å². The summed E-state index contributed by atoms with van der Waals surface area (Å²) in [6.07, 6.45) is 0. The second-order valence-electron chi connectivity index (χ2n) is 5.34. The highest BCUT2D eigenvalue weighted by Gasteiger charge is 2.24. The van der Waals surface area contributed by atoms with Crippen molar-refractivity contribution in [1.29, 1.82) is 0 Å². The topological polar surface area (TPSA) is 44.5 Å². The molecule has 0 bridgehead atoms. The van der Waals surface area contributed by atoms with Crippen molar-refractivity contribution >= 4 is 11.6 Å². The monoisotopic (exact) mass is 303 g/mol. The zero-order valence-corrected chi connectivity index (χ0v) is 12.6.